The van der Waals surface area contributed by atoms with Crippen molar-refractivity contribution in [3.63, 3.8) is 0 Å². The van der Waals surface area contributed by atoms with E-state index in [0.717, 1.165) is 21.4 Å². The Balaban J connectivity index is 1.89. The molecule has 6 heteroatoms. The van der Waals surface area contributed by atoms with Crippen molar-refractivity contribution in [1.29, 1.82) is 0 Å². The summed E-state index contributed by atoms with van der Waals surface area (Å²) in [5, 5.41) is 24.3. The molecule has 0 amide bonds. The van der Waals surface area contributed by atoms with Crippen molar-refractivity contribution in [1.82, 2.24) is 0 Å². The molecule has 0 saturated carbocycles. The predicted molar refractivity (Wildman–Crippen MR) is 112 cm³/mol. The molecule has 0 N–H and O–H groups in total. The molecule has 1 aliphatic rings. The molecule has 4 rings (SSSR count). The predicted octanol–water partition coefficient (Wildman–Crippen LogP) is 5.50. The third kappa shape index (κ3) is 3.23. The smallest absolute Gasteiger partial charge is 0.270 e. The molecule has 0 fully saturated rings. The van der Waals surface area contributed by atoms with Crippen LogP contribution < -0.4 is 0 Å². The number of hydrogen-bond acceptors (Lipinski definition) is 3. The Bertz CT molecular complexity index is 1110. The fourth-order valence-corrected chi connectivity index (χ4v) is 3.82. The third-order valence-corrected chi connectivity index (χ3v) is 5.40. The van der Waals surface area contributed by atoms with Crippen molar-refractivity contribution >= 4 is 33.4 Å². The highest BCUT2D eigenvalue weighted by atomic mass is 79.9. The minimum atomic E-state index is -0.621. The minimum absolute atomic E-state index is 0.0428. The van der Waals surface area contributed by atoms with Crippen molar-refractivity contribution in [2.75, 3.05) is 0 Å². The van der Waals surface area contributed by atoms with Crippen molar-refractivity contribution in [2.45, 2.75) is 6.04 Å². The Morgan fingerprint density at radius 3 is 2.25 bits per heavy atom. The number of nitrogens with zero attached hydrogens (tertiary/aromatic N) is 2. The van der Waals surface area contributed by atoms with Crippen LogP contribution in [0.15, 0.2) is 88.9 Å². The molecule has 3 aromatic rings. The van der Waals surface area contributed by atoms with Gasteiger partial charge in [-0.1, -0.05) is 64.5 Å². The topological polar surface area (TPSA) is 69.2 Å². The average molecular weight is 435 g/mol. The normalized spacial score (nSPS) is 17.5. The van der Waals surface area contributed by atoms with Crippen LogP contribution in [-0.4, -0.2) is 15.4 Å². The second kappa shape index (κ2) is 7.40. The molecule has 28 heavy (non-hydrogen) atoms. The average Bonchev–Trinajstić information content (AvgIpc) is 2.71. The van der Waals surface area contributed by atoms with E-state index in [-0.39, 0.29) is 5.69 Å². The second-order valence-corrected chi connectivity index (χ2v) is 7.27. The van der Waals surface area contributed by atoms with Crippen LogP contribution in [0.4, 0.5) is 5.69 Å². The van der Waals surface area contributed by atoms with E-state index in [0.29, 0.717) is 15.7 Å². The molecule has 1 heterocycles. The first-order chi connectivity index (χ1) is 13.6. The molecule has 1 aliphatic heterocycles. The van der Waals surface area contributed by atoms with Crippen molar-refractivity contribution in [2.24, 2.45) is 0 Å². The lowest BCUT2D eigenvalue weighted by atomic mass is 9.84. The Kier molecular flexibility index (Phi) is 4.79. The van der Waals surface area contributed by atoms with Gasteiger partial charge in [0.25, 0.3) is 5.69 Å². The van der Waals surface area contributed by atoms with Crippen molar-refractivity contribution < 1.29 is 9.66 Å². The number of non-ortho nitro benzene ring substituents is 1. The lowest BCUT2D eigenvalue weighted by Crippen LogP contribution is -2.38. The van der Waals surface area contributed by atoms with E-state index in [1.54, 1.807) is 6.07 Å². The summed E-state index contributed by atoms with van der Waals surface area (Å²) in [6.45, 7) is 0. The molecule has 1 atom stereocenters. The van der Waals surface area contributed by atoms with Gasteiger partial charge in [-0.25, -0.2) is 0 Å². The van der Waals surface area contributed by atoms with Gasteiger partial charge in [-0.3, -0.25) is 10.1 Å². The number of rotatable bonds is 4. The zero-order valence-corrected chi connectivity index (χ0v) is 16.2. The number of nitro groups is 1. The van der Waals surface area contributed by atoms with E-state index in [9.17, 15) is 15.3 Å². The third-order valence-electron chi connectivity index (χ3n) is 4.68. The van der Waals surface area contributed by atoms with E-state index in [2.05, 4.69) is 15.9 Å². The van der Waals surface area contributed by atoms with Gasteiger partial charge in [0.1, 0.15) is 0 Å². The van der Waals surface area contributed by atoms with Crippen molar-refractivity contribution in [3.05, 3.63) is 121 Å². The van der Waals surface area contributed by atoms with Crippen LogP contribution in [0, 0.1) is 15.3 Å². The summed E-state index contributed by atoms with van der Waals surface area (Å²) in [6.07, 6.45) is 1.96. The lowest BCUT2D eigenvalue weighted by molar-refractivity contribution is -0.516. The van der Waals surface area contributed by atoms with Gasteiger partial charge in [-0.05, 0) is 29.8 Å². The van der Waals surface area contributed by atoms with E-state index in [4.69, 9.17) is 0 Å². The molecule has 0 spiro atoms. The molecular formula is C22H15BrN2O3. The summed E-state index contributed by atoms with van der Waals surface area (Å²) in [6, 6.07) is 23.0. The van der Waals surface area contributed by atoms with Gasteiger partial charge in [-0.2, -0.15) is 4.74 Å². The van der Waals surface area contributed by atoms with Gasteiger partial charge < -0.3 is 5.21 Å². The van der Waals surface area contributed by atoms with Crippen LogP contribution in [0.3, 0.4) is 0 Å². The first-order valence-electron chi connectivity index (χ1n) is 8.66. The molecule has 0 unspecified atom stereocenters. The van der Waals surface area contributed by atoms with Crippen LogP contribution in [-0.2, 0) is 0 Å². The standard InChI is InChI=1S/C22H15BrN2O3/c23-20-12-11-17(25(27)28)14-18(20)22-19(13-15-7-3-1-4-8-15)21(24(22)26)16-9-5-2-6-10-16/h1-14,22H/b19-13-/t22-/m0/s1. The van der Waals surface area contributed by atoms with Gasteiger partial charge in [0.05, 0.1) is 10.5 Å². The molecule has 138 valence electrons. The molecule has 0 saturated heterocycles. The molecule has 5 nitrogen and oxygen atoms in total. The summed E-state index contributed by atoms with van der Waals surface area (Å²) >= 11 is 3.45. The highest BCUT2D eigenvalue weighted by molar-refractivity contribution is 9.10. The Morgan fingerprint density at radius 1 is 0.964 bits per heavy atom. The van der Waals surface area contributed by atoms with Crippen molar-refractivity contribution in [3.8, 4) is 0 Å². The second-order valence-electron chi connectivity index (χ2n) is 6.42. The lowest BCUT2D eigenvalue weighted by Gasteiger charge is -2.31. The zero-order valence-electron chi connectivity index (χ0n) is 14.7. The number of hydroxylamine groups is 1. The van der Waals surface area contributed by atoms with Crippen LogP contribution in [0.1, 0.15) is 22.7 Å². The van der Waals surface area contributed by atoms with Crippen LogP contribution in [0.5, 0.6) is 0 Å². The van der Waals surface area contributed by atoms with Crippen LogP contribution in [0.25, 0.3) is 6.08 Å². The molecule has 0 aromatic heterocycles. The minimum Gasteiger partial charge on any atom is -0.623 e. The molecular weight excluding hydrogens is 420 g/mol. The largest absolute Gasteiger partial charge is 0.623 e. The van der Waals surface area contributed by atoms with Gasteiger partial charge in [0.15, 0.2) is 0 Å². The first-order valence-corrected chi connectivity index (χ1v) is 9.45. The highest BCUT2D eigenvalue weighted by Crippen LogP contribution is 2.42. The molecule has 0 bridgehead atoms. The SMILES string of the molecule is O=[N+]([O-])c1ccc(Br)c([C@H]2/C(=C\c3ccccc3)C(c3ccccc3)=[N+]2[O-])c1. The van der Waals surface area contributed by atoms with Gasteiger partial charge >= 0.3 is 0 Å². The zero-order chi connectivity index (χ0) is 19.7. The maximum absolute atomic E-state index is 13.0. The quantitative estimate of drug-likeness (QED) is 0.235. The van der Waals surface area contributed by atoms with E-state index in [1.807, 2.05) is 66.7 Å². The maximum atomic E-state index is 13.0. The van der Waals surface area contributed by atoms with Crippen LogP contribution in [0.2, 0.25) is 0 Å². The van der Waals surface area contributed by atoms with Crippen LogP contribution >= 0.6 is 15.9 Å². The Labute approximate surface area is 170 Å². The number of benzene rings is 3. The van der Waals surface area contributed by atoms with E-state index < -0.39 is 11.0 Å². The fraction of sp³-hybridized carbons (Fsp3) is 0.0455. The van der Waals surface area contributed by atoms with E-state index in [1.165, 1.54) is 12.1 Å². The van der Waals surface area contributed by atoms with Gasteiger partial charge in [0, 0.05) is 27.7 Å². The Morgan fingerprint density at radius 2 is 1.61 bits per heavy atom. The fourth-order valence-electron chi connectivity index (χ4n) is 3.36. The van der Waals surface area contributed by atoms with Gasteiger partial charge in [-0.15, -0.1) is 0 Å². The summed E-state index contributed by atoms with van der Waals surface area (Å²) in [7, 11) is 0. The first kappa shape index (κ1) is 18.1. The number of halogens is 1. The number of nitro benzene ring substituents is 1. The molecule has 0 radical (unpaired) electrons. The monoisotopic (exact) mass is 434 g/mol. The maximum Gasteiger partial charge on any atom is 0.270 e. The highest BCUT2D eigenvalue weighted by Gasteiger charge is 2.44. The summed E-state index contributed by atoms with van der Waals surface area (Å²) < 4.78 is 1.59. The summed E-state index contributed by atoms with van der Waals surface area (Å²) in [5.74, 6) is 0. The summed E-state index contributed by atoms with van der Waals surface area (Å²) in [4.78, 5) is 10.8. The number of hydrogen-bond donors (Lipinski definition) is 0. The summed E-state index contributed by atoms with van der Waals surface area (Å²) in [5.41, 5.74) is 3.72. The Hall–Kier alpha value is -3.25. The molecule has 3 aromatic carbocycles. The van der Waals surface area contributed by atoms with Gasteiger partial charge in [0.2, 0.25) is 11.8 Å². The molecule has 0 aliphatic carbocycles. The van der Waals surface area contributed by atoms with E-state index >= 15 is 0 Å².